The van der Waals surface area contributed by atoms with E-state index < -0.39 is 0 Å². The number of para-hydroxylation sites is 1. The number of benzene rings is 3. The van der Waals surface area contributed by atoms with Crippen molar-refractivity contribution in [2.24, 2.45) is 0 Å². The number of hydrogen-bond donors (Lipinski definition) is 3. The zero-order valence-corrected chi connectivity index (χ0v) is 18.3. The van der Waals surface area contributed by atoms with Gasteiger partial charge in [-0.2, -0.15) is 0 Å². The van der Waals surface area contributed by atoms with Gasteiger partial charge in [-0.15, -0.1) is 0 Å². The maximum atomic E-state index is 13.0. The van der Waals surface area contributed by atoms with Gasteiger partial charge in [0.1, 0.15) is 5.75 Å². The Morgan fingerprint density at radius 2 is 1.62 bits per heavy atom. The molecule has 166 valence electrons. The van der Waals surface area contributed by atoms with Crippen molar-refractivity contribution in [3.63, 3.8) is 0 Å². The molecule has 3 aromatic rings. The third-order valence-corrected chi connectivity index (χ3v) is 4.77. The summed E-state index contributed by atoms with van der Waals surface area (Å²) in [4.78, 5) is 26.8. The number of carbonyl (C=O) groups is 2. The van der Waals surface area contributed by atoms with Crippen LogP contribution in [0.3, 0.4) is 0 Å². The van der Waals surface area contributed by atoms with Crippen LogP contribution in [0.4, 0.5) is 26.7 Å². The molecule has 0 bridgehead atoms. The Morgan fingerprint density at radius 1 is 0.875 bits per heavy atom. The molecule has 3 N–H and O–H groups in total. The van der Waals surface area contributed by atoms with Crippen LogP contribution in [0.25, 0.3) is 0 Å². The number of nitrogens with zero attached hydrogens (tertiary/aromatic N) is 1. The fourth-order valence-corrected chi connectivity index (χ4v) is 3.16. The molecule has 7 nitrogen and oxygen atoms in total. The molecule has 32 heavy (non-hydrogen) atoms. The van der Waals surface area contributed by atoms with Crippen molar-refractivity contribution in [3.05, 3.63) is 84.4 Å². The fraction of sp³-hybridized carbons (Fsp3) is 0.200. The summed E-state index contributed by atoms with van der Waals surface area (Å²) < 4.78 is 5.11. The molecule has 0 aliphatic heterocycles. The van der Waals surface area contributed by atoms with E-state index in [1.165, 1.54) is 0 Å². The summed E-state index contributed by atoms with van der Waals surface area (Å²) >= 11 is 0. The van der Waals surface area contributed by atoms with Crippen molar-refractivity contribution in [3.8, 4) is 5.75 Å². The van der Waals surface area contributed by atoms with Gasteiger partial charge >= 0.3 is 12.1 Å². The maximum absolute atomic E-state index is 13.0. The summed E-state index contributed by atoms with van der Waals surface area (Å²) in [6, 6.07) is 23.7. The predicted octanol–water partition coefficient (Wildman–Crippen LogP) is 5.25. The number of ether oxygens (including phenoxy) is 1. The van der Waals surface area contributed by atoms with Gasteiger partial charge in [-0.3, -0.25) is 4.90 Å². The largest absolute Gasteiger partial charge is 0.497 e. The van der Waals surface area contributed by atoms with Crippen LogP contribution in [-0.2, 0) is 0 Å². The number of amides is 4. The standard InChI is InChI=1S/C25H28N4O3/c1-19-8-6-9-21(18-19)28-25(31)29(22-10-4-3-5-11-22)17-7-16-26-24(30)27-20-12-14-23(32-2)15-13-20/h3-6,8-15,18H,7,16-17H2,1-2H3,(H,28,31)(H2,26,27,30). The Labute approximate surface area is 188 Å². The molecule has 0 aromatic heterocycles. The summed E-state index contributed by atoms with van der Waals surface area (Å²) in [7, 11) is 1.59. The zero-order valence-electron chi connectivity index (χ0n) is 18.3. The van der Waals surface area contributed by atoms with Crippen molar-refractivity contribution < 1.29 is 14.3 Å². The molecule has 0 aliphatic rings. The second kappa shape index (κ2) is 11.4. The van der Waals surface area contributed by atoms with E-state index in [4.69, 9.17) is 4.74 Å². The van der Waals surface area contributed by atoms with Crippen LogP contribution < -0.4 is 25.6 Å². The van der Waals surface area contributed by atoms with E-state index in [-0.39, 0.29) is 12.1 Å². The lowest BCUT2D eigenvalue weighted by molar-refractivity contribution is 0.252. The molecule has 3 rings (SSSR count). The molecule has 0 fully saturated rings. The highest BCUT2D eigenvalue weighted by atomic mass is 16.5. The van der Waals surface area contributed by atoms with E-state index in [2.05, 4.69) is 16.0 Å². The van der Waals surface area contributed by atoms with Crippen molar-refractivity contribution in [2.75, 3.05) is 35.7 Å². The van der Waals surface area contributed by atoms with E-state index in [1.54, 1.807) is 36.3 Å². The number of hydrogen-bond acceptors (Lipinski definition) is 3. The highest BCUT2D eigenvalue weighted by molar-refractivity contribution is 6.01. The molecule has 7 heteroatoms. The summed E-state index contributed by atoms with van der Waals surface area (Å²) in [6.07, 6.45) is 0.589. The molecule has 0 aliphatic carbocycles. The van der Waals surface area contributed by atoms with E-state index in [0.717, 1.165) is 22.7 Å². The molecule has 0 radical (unpaired) electrons. The Bertz CT molecular complexity index is 1020. The molecule has 0 unspecified atom stereocenters. The van der Waals surface area contributed by atoms with Crippen LogP contribution in [0, 0.1) is 6.92 Å². The summed E-state index contributed by atoms with van der Waals surface area (Å²) in [5.41, 5.74) is 3.28. The van der Waals surface area contributed by atoms with Gasteiger partial charge in [0, 0.05) is 30.2 Å². The smallest absolute Gasteiger partial charge is 0.326 e. The summed E-state index contributed by atoms with van der Waals surface area (Å²) in [5.74, 6) is 0.723. The quantitative estimate of drug-likeness (QED) is 0.425. The lowest BCUT2D eigenvalue weighted by Gasteiger charge is -2.23. The summed E-state index contributed by atoms with van der Waals surface area (Å²) in [5, 5.41) is 8.55. The molecule has 0 saturated carbocycles. The third-order valence-electron chi connectivity index (χ3n) is 4.77. The van der Waals surface area contributed by atoms with Gasteiger partial charge in [0.05, 0.1) is 7.11 Å². The normalized spacial score (nSPS) is 10.2. The van der Waals surface area contributed by atoms with E-state index in [9.17, 15) is 9.59 Å². The number of aryl methyl sites for hydroxylation is 1. The second-order valence-corrected chi connectivity index (χ2v) is 7.25. The molecule has 0 atom stereocenters. The SMILES string of the molecule is COc1ccc(NC(=O)NCCCN(C(=O)Nc2cccc(C)c2)c2ccccc2)cc1. The minimum atomic E-state index is -0.300. The van der Waals surface area contributed by atoms with Gasteiger partial charge in [-0.1, -0.05) is 30.3 Å². The number of carbonyl (C=O) groups excluding carboxylic acids is 2. The fourth-order valence-electron chi connectivity index (χ4n) is 3.16. The number of methoxy groups -OCH3 is 1. The van der Waals surface area contributed by atoms with Crippen molar-refractivity contribution in [2.45, 2.75) is 13.3 Å². The third kappa shape index (κ3) is 6.77. The van der Waals surface area contributed by atoms with E-state index in [1.807, 2.05) is 61.5 Å². The first-order valence-electron chi connectivity index (χ1n) is 10.4. The average molecular weight is 433 g/mol. The minimum absolute atomic E-state index is 0.218. The molecular formula is C25H28N4O3. The van der Waals surface area contributed by atoms with Gasteiger partial charge in [-0.05, 0) is 67.4 Å². The van der Waals surface area contributed by atoms with Crippen molar-refractivity contribution >= 4 is 29.1 Å². The predicted molar refractivity (Wildman–Crippen MR) is 129 cm³/mol. The van der Waals surface area contributed by atoms with Gasteiger partial charge in [0.2, 0.25) is 0 Å². The monoisotopic (exact) mass is 432 g/mol. The lowest BCUT2D eigenvalue weighted by atomic mass is 10.2. The highest BCUT2D eigenvalue weighted by Crippen LogP contribution is 2.17. The maximum Gasteiger partial charge on any atom is 0.326 e. The zero-order chi connectivity index (χ0) is 22.8. The average Bonchev–Trinajstić information content (AvgIpc) is 2.80. The van der Waals surface area contributed by atoms with Crippen LogP contribution in [0.15, 0.2) is 78.9 Å². The first-order valence-corrected chi connectivity index (χ1v) is 10.4. The number of rotatable bonds is 8. The molecule has 4 amide bonds. The van der Waals surface area contributed by atoms with Crippen molar-refractivity contribution in [1.82, 2.24) is 5.32 Å². The number of urea groups is 2. The van der Waals surface area contributed by atoms with Gasteiger partial charge in [0.15, 0.2) is 0 Å². The Hall–Kier alpha value is -4.00. The van der Waals surface area contributed by atoms with Gasteiger partial charge in [0.25, 0.3) is 0 Å². The Balaban J connectivity index is 1.53. The first kappa shape index (κ1) is 22.7. The number of anilines is 3. The molecule has 0 heterocycles. The molecular weight excluding hydrogens is 404 g/mol. The van der Waals surface area contributed by atoms with Crippen LogP contribution in [0.5, 0.6) is 5.75 Å². The first-order chi connectivity index (χ1) is 15.5. The molecule has 0 spiro atoms. The van der Waals surface area contributed by atoms with E-state index >= 15 is 0 Å². The van der Waals surface area contributed by atoms with Crippen LogP contribution >= 0.6 is 0 Å². The number of nitrogens with one attached hydrogen (secondary N) is 3. The summed E-state index contributed by atoms with van der Waals surface area (Å²) in [6.45, 7) is 2.85. The Kier molecular flexibility index (Phi) is 8.09. The van der Waals surface area contributed by atoms with Crippen LogP contribution in [0.1, 0.15) is 12.0 Å². The van der Waals surface area contributed by atoms with Crippen LogP contribution in [-0.4, -0.2) is 32.3 Å². The van der Waals surface area contributed by atoms with Crippen molar-refractivity contribution in [1.29, 1.82) is 0 Å². The van der Waals surface area contributed by atoms with Crippen LogP contribution in [0.2, 0.25) is 0 Å². The van der Waals surface area contributed by atoms with E-state index in [0.29, 0.717) is 25.2 Å². The lowest BCUT2D eigenvalue weighted by Crippen LogP contribution is -2.38. The second-order valence-electron chi connectivity index (χ2n) is 7.25. The molecule has 0 saturated heterocycles. The van der Waals surface area contributed by atoms with Gasteiger partial charge in [-0.25, -0.2) is 9.59 Å². The van der Waals surface area contributed by atoms with Gasteiger partial charge < -0.3 is 20.7 Å². The highest BCUT2D eigenvalue weighted by Gasteiger charge is 2.15. The minimum Gasteiger partial charge on any atom is -0.497 e. The Morgan fingerprint density at radius 3 is 2.31 bits per heavy atom. The topological polar surface area (TPSA) is 82.7 Å². The molecule has 3 aromatic carbocycles.